The van der Waals surface area contributed by atoms with E-state index in [4.69, 9.17) is 4.74 Å². The van der Waals surface area contributed by atoms with Crippen LogP contribution in [0.5, 0.6) is 5.88 Å². The third-order valence-electron chi connectivity index (χ3n) is 3.55. The molecule has 0 spiro atoms. The van der Waals surface area contributed by atoms with Gasteiger partial charge in [0.2, 0.25) is 5.88 Å². The van der Waals surface area contributed by atoms with Crippen molar-refractivity contribution in [3.05, 3.63) is 36.0 Å². The molecule has 1 aliphatic rings. The second-order valence-electron chi connectivity index (χ2n) is 4.89. The highest BCUT2D eigenvalue weighted by Gasteiger charge is 2.15. The number of nitrogens with one attached hydrogen (secondary N) is 1. The van der Waals surface area contributed by atoms with Crippen LogP contribution < -0.4 is 10.1 Å². The van der Waals surface area contributed by atoms with Crippen LogP contribution in [0, 0.1) is 6.92 Å². The van der Waals surface area contributed by atoms with Crippen molar-refractivity contribution in [2.75, 3.05) is 13.2 Å². The molecule has 0 amide bonds. The molecule has 94 valence electrons. The molecule has 2 aromatic rings. The Morgan fingerprint density at radius 2 is 2.33 bits per heavy atom. The van der Waals surface area contributed by atoms with Crippen molar-refractivity contribution in [3.63, 3.8) is 0 Å². The van der Waals surface area contributed by atoms with Gasteiger partial charge in [0.15, 0.2) is 0 Å². The van der Waals surface area contributed by atoms with E-state index in [2.05, 4.69) is 35.4 Å². The van der Waals surface area contributed by atoms with E-state index in [9.17, 15) is 0 Å². The van der Waals surface area contributed by atoms with Crippen molar-refractivity contribution in [1.82, 2.24) is 10.3 Å². The summed E-state index contributed by atoms with van der Waals surface area (Å²) in [6.07, 6.45) is 4.26. The van der Waals surface area contributed by atoms with Crippen molar-refractivity contribution in [2.24, 2.45) is 0 Å². The number of benzene rings is 1. The highest BCUT2D eigenvalue weighted by Crippen LogP contribution is 2.26. The van der Waals surface area contributed by atoms with Gasteiger partial charge in [-0.2, -0.15) is 0 Å². The maximum Gasteiger partial charge on any atom is 0.221 e. The first-order chi connectivity index (χ1) is 8.84. The van der Waals surface area contributed by atoms with Gasteiger partial charge < -0.3 is 10.1 Å². The van der Waals surface area contributed by atoms with Crippen molar-refractivity contribution in [2.45, 2.75) is 25.8 Å². The molecule has 1 N–H and O–H groups in total. The third-order valence-corrected chi connectivity index (χ3v) is 3.55. The summed E-state index contributed by atoms with van der Waals surface area (Å²) in [4.78, 5) is 4.38. The van der Waals surface area contributed by atoms with Gasteiger partial charge >= 0.3 is 0 Å². The Kier molecular flexibility index (Phi) is 3.15. The number of nitrogens with zero attached hydrogens (tertiary/aromatic N) is 1. The summed E-state index contributed by atoms with van der Waals surface area (Å²) in [6, 6.07) is 8.78. The smallest absolute Gasteiger partial charge is 0.221 e. The number of hydrogen-bond acceptors (Lipinski definition) is 3. The van der Waals surface area contributed by atoms with Crippen molar-refractivity contribution in [3.8, 4) is 5.88 Å². The lowest BCUT2D eigenvalue weighted by Gasteiger charge is -2.13. The summed E-state index contributed by atoms with van der Waals surface area (Å²) >= 11 is 0. The van der Waals surface area contributed by atoms with Crippen LogP contribution in [0.3, 0.4) is 0 Å². The average Bonchev–Trinajstić information content (AvgIpc) is 2.89. The lowest BCUT2D eigenvalue weighted by molar-refractivity contribution is 0.271. The molecule has 1 atom stereocenters. The summed E-state index contributed by atoms with van der Waals surface area (Å²) in [6.45, 7) is 3.92. The predicted molar refractivity (Wildman–Crippen MR) is 73.0 cm³/mol. The third kappa shape index (κ3) is 2.18. The molecule has 0 saturated carbocycles. The summed E-state index contributed by atoms with van der Waals surface area (Å²) in [7, 11) is 0. The largest absolute Gasteiger partial charge is 0.476 e. The molecule has 1 aromatic carbocycles. The quantitative estimate of drug-likeness (QED) is 0.898. The molecule has 0 bridgehead atoms. The van der Waals surface area contributed by atoms with Gasteiger partial charge in [0.05, 0.1) is 0 Å². The maximum absolute atomic E-state index is 5.91. The van der Waals surface area contributed by atoms with Crippen LogP contribution in [0.1, 0.15) is 18.4 Å². The molecule has 3 rings (SSSR count). The van der Waals surface area contributed by atoms with Gasteiger partial charge in [-0.15, -0.1) is 0 Å². The second kappa shape index (κ2) is 4.94. The molecule has 0 radical (unpaired) electrons. The summed E-state index contributed by atoms with van der Waals surface area (Å²) in [5.41, 5.74) is 1.22. The fraction of sp³-hybridized carbons (Fsp3) is 0.400. The fourth-order valence-corrected chi connectivity index (χ4v) is 2.56. The van der Waals surface area contributed by atoms with E-state index >= 15 is 0 Å². The van der Waals surface area contributed by atoms with Crippen LogP contribution in [-0.4, -0.2) is 24.2 Å². The zero-order valence-corrected chi connectivity index (χ0v) is 10.6. The maximum atomic E-state index is 5.91. The molecular formula is C15H18N2O. The number of fused-ring (bicyclic) bond motifs is 1. The zero-order valence-electron chi connectivity index (χ0n) is 10.6. The Morgan fingerprint density at radius 1 is 1.39 bits per heavy atom. The van der Waals surface area contributed by atoms with Gasteiger partial charge in [-0.3, -0.25) is 0 Å². The van der Waals surface area contributed by atoms with Gasteiger partial charge in [0, 0.05) is 17.6 Å². The molecule has 1 aliphatic heterocycles. The number of rotatable bonds is 3. The summed E-state index contributed by atoms with van der Waals surface area (Å²) in [5, 5.41) is 5.77. The highest BCUT2D eigenvalue weighted by molar-refractivity contribution is 5.89. The minimum Gasteiger partial charge on any atom is -0.476 e. The molecule has 2 heterocycles. The van der Waals surface area contributed by atoms with Gasteiger partial charge in [0.1, 0.15) is 6.61 Å². The number of pyridine rings is 1. The van der Waals surface area contributed by atoms with Gasteiger partial charge in [0.25, 0.3) is 0 Å². The predicted octanol–water partition coefficient (Wildman–Crippen LogP) is 2.67. The minimum atomic E-state index is 0.478. The molecule has 1 aromatic heterocycles. The summed E-state index contributed by atoms with van der Waals surface area (Å²) < 4.78 is 5.91. The zero-order chi connectivity index (χ0) is 12.4. The van der Waals surface area contributed by atoms with E-state index in [0.717, 1.165) is 17.8 Å². The lowest BCUT2D eigenvalue weighted by atomic mass is 10.1. The average molecular weight is 242 g/mol. The van der Waals surface area contributed by atoms with Crippen LogP contribution in [-0.2, 0) is 0 Å². The number of aromatic nitrogens is 1. The van der Waals surface area contributed by atoms with Crippen LogP contribution >= 0.6 is 0 Å². The van der Waals surface area contributed by atoms with E-state index in [1.54, 1.807) is 0 Å². The molecule has 1 fully saturated rings. The first-order valence-electron chi connectivity index (χ1n) is 6.55. The fourth-order valence-electron chi connectivity index (χ4n) is 2.56. The van der Waals surface area contributed by atoms with E-state index < -0.39 is 0 Å². The van der Waals surface area contributed by atoms with E-state index in [0.29, 0.717) is 12.6 Å². The molecule has 0 aliphatic carbocycles. The Bertz CT molecular complexity index is 542. The van der Waals surface area contributed by atoms with Crippen LogP contribution in [0.25, 0.3) is 10.8 Å². The molecule has 3 heteroatoms. The normalized spacial score (nSPS) is 19.3. The van der Waals surface area contributed by atoms with Gasteiger partial charge in [-0.1, -0.05) is 18.2 Å². The second-order valence-corrected chi connectivity index (χ2v) is 4.89. The first-order valence-corrected chi connectivity index (χ1v) is 6.55. The molecule has 3 nitrogen and oxygen atoms in total. The number of hydrogen-bond donors (Lipinski definition) is 1. The molecule has 1 unspecified atom stereocenters. The van der Waals surface area contributed by atoms with Crippen molar-refractivity contribution >= 4 is 10.8 Å². The summed E-state index contributed by atoms with van der Waals surface area (Å²) in [5.74, 6) is 0.763. The van der Waals surface area contributed by atoms with E-state index in [1.807, 2.05) is 12.3 Å². The lowest BCUT2D eigenvalue weighted by Crippen LogP contribution is -2.28. The minimum absolute atomic E-state index is 0.478. The monoisotopic (exact) mass is 242 g/mol. The van der Waals surface area contributed by atoms with Crippen LogP contribution in [0.15, 0.2) is 30.5 Å². The Hall–Kier alpha value is -1.61. The first kappa shape index (κ1) is 11.5. The van der Waals surface area contributed by atoms with Crippen molar-refractivity contribution < 1.29 is 4.74 Å². The SMILES string of the molecule is Cc1cccc2ccnc(OCC3CCCN3)c12. The Balaban J connectivity index is 1.86. The van der Waals surface area contributed by atoms with Crippen molar-refractivity contribution in [1.29, 1.82) is 0 Å². The van der Waals surface area contributed by atoms with Crippen LogP contribution in [0.2, 0.25) is 0 Å². The number of ether oxygens (including phenoxy) is 1. The molecule has 18 heavy (non-hydrogen) atoms. The Morgan fingerprint density at radius 3 is 3.17 bits per heavy atom. The van der Waals surface area contributed by atoms with Crippen LogP contribution in [0.4, 0.5) is 0 Å². The van der Waals surface area contributed by atoms with E-state index in [1.165, 1.54) is 23.8 Å². The van der Waals surface area contributed by atoms with Gasteiger partial charge in [-0.05, 0) is 43.3 Å². The topological polar surface area (TPSA) is 34.1 Å². The standard InChI is InChI=1S/C15H18N2O/c1-11-4-2-5-12-7-9-17-15(14(11)12)18-10-13-6-3-8-16-13/h2,4-5,7,9,13,16H,3,6,8,10H2,1H3. The van der Waals surface area contributed by atoms with Gasteiger partial charge in [-0.25, -0.2) is 4.98 Å². The molecular weight excluding hydrogens is 224 g/mol. The van der Waals surface area contributed by atoms with E-state index in [-0.39, 0.29) is 0 Å². The Labute approximate surface area is 107 Å². The number of aryl methyl sites for hydroxylation is 1. The molecule has 1 saturated heterocycles. The highest BCUT2D eigenvalue weighted by atomic mass is 16.5.